The van der Waals surface area contributed by atoms with E-state index in [1.165, 1.54) is 23.5 Å². The van der Waals surface area contributed by atoms with Gasteiger partial charge in [-0.15, -0.1) is 11.3 Å². The van der Waals surface area contributed by atoms with Crippen molar-refractivity contribution in [1.82, 2.24) is 19.9 Å². The summed E-state index contributed by atoms with van der Waals surface area (Å²) >= 11 is 1.41. The van der Waals surface area contributed by atoms with Gasteiger partial charge in [0.05, 0.1) is 16.8 Å². The highest BCUT2D eigenvalue weighted by atomic mass is 32.1. The van der Waals surface area contributed by atoms with Crippen LogP contribution in [0, 0.1) is 25.5 Å². The first-order valence-electron chi connectivity index (χ1n) is 10.1. The standard InChI is InChI=1S/C23H20F2N4OS/c1-12-9-14(5-7-26-12)19-10-15(6-8-30-19)22-28-20(17-4-3-16(24)11-18(17)25)21-23(29-22)27-13(2)31-21/h3-5,7,9,11,15,19H,6,8,10H2,1-2H3/t15-,19+/m1/s1. The van der Waals surface area contributed by atoms with Gasteiger partial charge < -0.3 is 4.74 Å². The maximum absolute atomic E-state index is 14.6. The van der Waals surface area contributed by atoms with Crippen molar-refractivity contribution in [3.63, 3.8) is 0 Å². The van der Waals surface area contributed by atoms with Crippen LogP contribution in [0.4, 0.5) is 8.78 Å². The number of nitrogens with zero attached hydrogens (tertiary/aromatic N) is 4. The third-order valence-corrected chi connectivity index (χ3v) is 6.47. The van der Waals surface area contributed by atoms with E-state index in [0.29, 0.717) is 34.9 Å². The largest absolute Gasteiger partial charge is 0.373 e. The van der Waals surface area contributed by atoms with Gasteiger partial charge in [-0.1, -0.05) is 0 Å². The summed E-state index contributed by atoms with van der Waals surface area (Å²) in [5.74, 6) is -0.599. The summed E-state index contributed by atoms with van der Waals surface area (Å²) in [5, 5.41) is 0.822. The van der Waals surface area contributed by atoms with Crippen molar-refractivity contribution in [1.29, 1.82) is 0 Å². The molecule has 1 saturated heterocycles. The second kappa shape index (κ2) is 8.01. The van der Waals surface area contributed by atoms with Crippen molar-refractivity contribution < 1.29 is 13.5 Å². The Labute approximate surface area is 182 Å². The Bertz CT molecular complexity index is 1280. The summed E-state index contributed by atoms with van der Waals surface area (Å²) in [7, 11) is 0. The van der Waals surface area contributed by atoms with Crippen molar-refractivity contribution in [2.75, 3.05) is 6.61 Å². The van der Waals surface area contributed by atoms with E-state index in [1.807, 2.05) is 26.0 Å². The molecule has 8 heteroatoms. The monoisotopic (exact) mass is 438 g/mol. The summed E-state index contributed by atoms with van der Waals surface area (Å²) in [6.07, 6.45) is 3.18. The van der Waals surface area contributed by atoms with Crippen molar-refractivity contribution in [2.24, 2.45) is 0 Å². The topological polar surface area (TPSA) is 60.8 Å². The van der Waals surface area contributed by atoms with Gasteiger partial charge in [-0.2, -0.15) is 0 Å². The minimum Gasteiger partial charge on any atom is -0.373 e. The number of benzene rings is 1. The van der Waals surface area contributed by atoms with Gasteiger partial charge >= 0.3 is 0 Å². The highest BCUT2D eigenvalue weighted by Crippen LogP contribution is 2.39. The minimum absolute atomic E-state index is 0.0425. The van der Waals surface area contributed by atoms with Gasteiger partial charge in [0.15, 0.2) is 5.65 Å². The smallest absolute Gasteiger partial charge is 0.174 e. The zero-order chi connectivity index (χ0) is 21.5. The molecular formula is C23H20F2N4OS. The van der Waals surface area contributed by atoms with Crippen LogP contribution in [0.25, 0.3) is 21.6 Å². The molecule has 1 aromatic carbocycles. The van der Waals surface area contributed by atoms with Crippen LogP contribution in [0.2, 0.25) is 0 Å². The maximum Gasteiger partial charge on any atom is 0.174 e. The van der Waals surface area contributed by atoms with Crippen LogP contribution in [0.15, 0.2) is 36.5 Å². The molecule has 3 aromatic heterocycles. The average Bonchev–Trinajstić information content (AvgIpc) is 3.13. The number of aryl methyl sites for hydroxylation is 2. The maximum atomic E-state index is 14.6. The highest BCUT2D eigenvalue weighted by molar-refractivity contribution is 7.19. The Morgan fingerprint density at radius 1 is 1.06 bits per heavy atom. The Kier molecular flexibility index (Phi) is 5.19. The Balaban J connectivity index is 1.57. The van der Waals surface area contributed by atoms with Crippen molar-refractivity contribution in [3.8, 4) is 11.3 Å². The molecule has 5 nitrogen and oxygen atoms in total. The molecule has 1 aliphatic rings. The fraction of sp³-hybridized carbons (Fsp3) is 0.304. The van der Waals surface area contributed by atoms with Crippen LogP contribution >= 0.6 is 11.3 Å². The molecule has 4 heterocycles. The first-order valence-corrected chi connectivity index (χ1v) is 10.9. The number of thiazole rings is 1. The van der Waals surface area contributed by atoms with Crippen LogP contribution in [-0.4, -0.2) is 26.5 Å². The highest BCUT2D eigenvalue weighted by Gasteiger charge is 2.29. The van der Waals surface area contributed by atoms with Crippen LogP contribution < -0.4 is 0 Å². The molecule has 0 radical (unpaired) electrons. The molecule has 0 amide bonds. The summed E-state index contributed by atoms with van der Waals surface area (Å²) < 4.78 is 34.8. The fourth-order valence-corrected chi connectivity index (χ4v) is 4.89. The van der Waals surface area contributed by atoms with Gasteiger partial charge in [-0.3, -0.25) is 4.98 Å². The Hall–Kier alpha value is -2.84. The van der Waals surface area contributed by atoms with Gasteiger partial charge in [0.1, 0.15) is 22.2 Å². The van der Waals surface area contributed by atoms with Crippen LogP contribution in [0.1, 0.15) is 47.0 Å². The minimum atomic E-state index is -0.644. The quantitative estimate of drug-likeness (QED) is 0.412. The molecule has 0 aliphatic carbocycles. The number of rotatable bonds is 3. The average molecular weight is 439 g/mol. The number of hydrogen-bond donors (Lipinski definition) is 0. The summed E-state index contributed by atoms with van der Waals surface area (Å²) in [4.78, 5) is 18.3. The van der Waals surface area contributed by atoms with E-state index in [4.69, 9.17) is 14.7 Å². The zero-order valence-corrected chi connectivity index (χ0v) is 17.9. The lowest BCUT2D eigenvalue weighted by Crippen LogP contribution is -2.20. The third kappa shape index (κ3) is 3.93. The number of aromatic nitrogens is 4. The van der Waals surface area contributed by atoms with Crippen molar-refractivity contribution >= 4 is 21.7 Å². The molecule has 0 bridgehead atoms. The lowest BCUT2D eigenvalue weighted by atomic mass is 9.91. The van der Waals surface area contributed by atoms with Crippen LogP contribution in [0.3, 0.4) is 0 Å². The second-order valence-corrected chi connectivity index (χ2v) is 8.95. The van der Waals surface area contributed by atoms with Crippen LogP contribution in [0.5, 0.6) is 0 Å². The number of fused-ring (bicyclic) bond motifs is 1. The normalized spacial score (nSPS) is 19.1. The number of ether oxygens (including phenoxy) is 1. The van der Waals surface area contributed by atoms with Crippen molar-refractivity contribution in [3.05, 3.63) is 70.3 Å². The predicted octanol–water partition coefficient (Wildman–Crippen LogP) is 5.68. The summed E-state index contributed by atoms with van der Waals surface area (Å²) in [6, 6.07) is 7.55. The summed E-state index contributed by atoms with van der Waals surface area (Å²) in [6.45, 7) is 4.41. The molecule has 1 fully saturated rings. The number of hydrogen-bond acceptors (Lipinski definition) is 6. The lowest BCUT2D eigenvalue weighted by Gasteiger charge is -2.29. The molecule has 0 unspecified atom stereocenters. The van der Waals surface area contributed by atoms with E-state index in [1.54, 1.807) is 6.20 Å². The second-order valence-electron chi connectivity index (χ2n) is 7.75. The number of halogens is 2. The van der Waals surface area contributed by atoms with Gasteiger partial charge in [-0.25, -0.2) is 23.7 Å². The first kappa shape index (κ1) is 20.1. The van der Waals surface area contributed by atoms with Gasteiger partial charge in [0.2, 0.25) is 0 Å². The molecular weight excluding hydrogens is 418 g/mol. The number of pyridine rings is 1. The molecule has 31 heavy (non-hydrogen) atoms. The third-order valence-electron chi connectivity index (χ3n) is 5.51. The van der Waals surface area contributed by atoms with E-state index in [0.717, 1.165) is 28.8 Å². The molecule has 1 aliphatic heterocycles. The Morgan fingerprint density at radius 3 is 2.74 bits per heavy atom. The molecule has 5 rings (SSSR count). The summed E-state index contributed by atoms with van der Waals surface area (Å²) in [5.41, 5.74) is 3.28. The van der Waals surface area contributed by atoms with E-state index < -0.39 is 11.6 Å². The van der Waals surface area contributed by atoms with Gasteiger partial charge in [0, 0.05) is 36.0 Å². The molecule has 0 N–H and O–H groups in total. The van der Waals surface area contributed by atoms with Crippen molar-refractivity contribution in [2.45, 2.75) is 38.7 Å². The van der Waals surface area contributed by atoms with Gasteiger partial charge in [0.25, 0.3) is 0 Å². The molecule has 0 spiro atoms. The van der Waals surface area contributed by atoms with Crippen LogP contribution in [-0.2, 0) is 4.74 Å². The predicted molar refractivity (Wildman–Crippen MR) is 115 cm³/mol. The van der Waals surface area contributed by atoms with E-state index in [9.17, 15) is 8.78 Å². The first-order chi connectivity index (χ1) is 15.0. The molecule has 4 aromatic rings. The Morgan fingerprint density at radius 2 is 1.94 bits per heavy atom. The lowest BCUT2D eigenvalue weighted by molar-refractivity contribution is 0.00394. The molecule has 2 atom stereocenters. The zero-order valence-electron chi connectivity index (χ0n) is 17.1. The van der Waals surface area contributed by atoms with E-state index in [2.05, 4.69) is 9.97 Å². The fourth-order valence-electron chi connectivity index (χ4n) is 4.02. The van der Waals surface area contributed by atoms with Gasteiger partial charge in [-0.05, 0) is 56.5 Å². The molecule has 0 saturated carbocycles. The SMILES string of the molecule is Cc1cc([C@@H]2C[C@H](c3nc(-c4ccc(F)cc4F)c4sc(C)nc4n3)CCO2)ccn1. The van der Waals surface area contributed by atoms with E-state index in [-0.39, 0.29) is 17.6 Å². The molecule has 158 valence electrons. The van der Waals surface area contributed by atoms with E-state index >= 15 is 0 Å².